The lowest BCUT2D eigenvalue weighted by atomic mass is 10.2. The van der Waals surface area contributed by atoms with Crippen LogP contribution < -0.4 is 5.32 Å². The number of amides is 1. The molecule has 0 atom stereocenters. The van der Waals surface area contributed by atoms with Crippen LogP contribution in [-0.2, 0) is 0 Å². The summed E-state index contributed by atoms with van der Waals surface area (Å²) in [4.78, 5) is 24.0. The van der Waals surface area contributed by atoms with E-state index < -0.39 is 0 Å². The number of benzene rings is 2. The van der Waals surface area contributed by atoms with E-state index in [1.54, 1.807) is 22.7 Å². The first-order chi connectivity index (χ1) is 14.2. The van der Waals surface area contributed by atoms with Crippen molar-refractivity contribution in [1.82, 2.24) is 9.97 Å². The smallest absolute Gasteiger partial charge is 0.267 e. The molecule has 5 aromatic rings. The Balaban J connectivity index is 1.48. The molecule has 142 valence electrons. The predicted molar refractivity (Wildman–Crippen MR) is 123 cm³/mol. The molecule has 2 aromatic carbocycles. The minimum Gasteiger partial charge on any atom is -0.321 e. The molecule has 0 fully saturated rings. The molecule has 3 heterocycles. The third-order valence-corrected chi connectivity index (χ3v) is 7.70. The molecular formula is C22H15N3OS3. The fraction of sp³-hybridized carbons (Fsp3) is 0.0455. The average Bonchev–Trinajstić information content (AvgIpc) is 3.47. The van der Waals surface area contributed by atoms with E-state index in [-0.39, 0.29) is 5.91 Å². The molecule has 1 N–H and O–H groups in total. The van der Waals surface area contributed by atoms with Gasteiger partial charge in [-0.15, -0.1) is 34.0 Å². The lowest BCUT2D eigenvalue weighted by molar-refractivity contribution is 0.103. The molecule has 0 saturated heterocycles. The van der Waals surface area contributed by atoms with Crippen LogP contribution in [0.1, 0.15) is 15.4 Å². The van der Waals surface area contributed by atoms with Crippen LogP contribution in [0.2, 0.25) is 0 Å². The van der Waals surface area contributed by atoms with Crippen molar-refractivity contribution in [1.29, 1.82) is 0 Å². The molecule has 0 aliphatic rings. The number of anilines is 1. The van der Waals surface area contributed by atoms with Crippen molar-refractivity contribution >= 4 is 55.8 Å². The number of fused-ring (bicyclic) bond motifs is 1. The monoisotopic (exact) mass is 433 g/mol. The first kappa shape index (κ1) is 18.2. The highest BCUT2D eigenvalue weighted by Gasteiger charge is 2.19. The molecule has 0 aliphatic carbocycles. The van der Waals surface area contributed by atoms with Gasteiger partial charge in [0.15, 0.2) is 0 Å². The van der Waals surface area contributed by atoms with Gasteiger partial charge < -0.3 is 5.32 Å². The molecule has 0 unspecified atom stereocenters. The van der Waals surface area contributed by atoms with Crippen molar-refractivity contribution in [3.05, 3.63) is 76.6 Å². The zero-order valence-corrected chi connectivity index (χ0v) is 17.8. The van der Waals surface area contributed by atoms with Gasteiger partial charge >= 0.3 is 0 Å². The first-order valence-electron chi connectivity index (χ1n) is 8.96. The highest BCUT2D eigenvalue weighted by atomic mass is 32.1. The zero-order chi connectivity index (χ0) is 19.8. The van der Waals surface area contributed by atoms with Crippen LogP contribution in [0, 0.1) is 6.92 Å². The lowest BCUT2D eigenvalue weighted by Crippen LogP contribution is -2.12. The number of hydrogen-bond acceptors (Lipinski definition) is 6. The summed E-state index contributed by atoms with van der Waals surface area (Å²) in [6.45, 7) is 1.88. The van der Waals surface area contributed by atoms with Crippen molar-refractivity contribution in [3.63, 3.8) is 0 Å². The minimum atomic E-state index is -0.142. The third kappa shape index (κ3) is 3.48. The summed E-state index contributed by atoms with van der Waals surface area (Å²) in [5, 5.41) is 6.85. The molecule has 0 saturated carbocycles. The summed E-state index contributed by atoms with van der Waals surface area (Å²) < 4.78 is 1.13. The summed E-state index contributed by atoms with van der Waals surface area (Å²) in [7, 11) is 0. The number of aromatic nitrogens is 2. The Bertz CT molecular complexity index is 1290. The molecular weight excluding hydrogens is 418 g/mol. The predicted octanol–water partition coefficient (Wildman–Crippen LogP) is 6.71. The Labute approximate surface area is 179 Å². The van der Waals surface area contributed by atoms with Crippen LogP contribution in [0.4, 0.5) is 5.69 Å². The normalized spacial score (nSPS) is 11.1. The fourth-order valence-electron chi connectivity index (χ4n) is 3.06. The van der Waals surface area contributed by atoms with Gasteiger partial charge in [0.1, 0.15) is 14.9 Å². The van der Waals surface area contributed by atoms with Gasteiger partial charge in [0.05, 0.1) is 26.5 Å². The number of carbonyl (C=O) groups is 1. The van der Waals surface area contributed by atoms with Gasteiger partial charge in [0.25, 0.3) is 5.91 Å². The van der Waals surface area contributed by atoms with Crippen LogP contribution in [0.5, 0.6) is 0 Å². The van der Waals surface area contributed by atoms with Crippen molar-refractivity contribution in [2.24, 2.45) is 0 Å². The van der Waals surface area contributed by atoms with E-state index in [0.29, 0.717) is 4.88 Å². The molecule has 3 aromatic heterocycles. The molecule has 0 spiro atoms. The zero-order valence-electron chi connectivity index (χ0n) is 15.4. The second-order valence-electron chi connectivity index (χ2n) is 6.40. The Hall–Kier alpha value is -2.87. The molecule has 0 radical (unpaired) electrons. The van der Waals surface area contributed by atoms with Gasteiger partial charge in [-0.3, -0.25) is 4.79 Å². The minimum absolute atomic E-state index is 0.142. The van der Waals surface area contributed by atoms with Crippen molar-refractivity contribution in [2.45, 2.75) is 6.92 Å². The molecule has 5 rings (SSSR count). The van der Waals surface area contributed by atoms with Crippen LogP contribution in [0.3, 0.4) is 0 Å². The number of rotatable bonds is 4. The van der Waals surface area contributed by atoms with Gasteiger partial charge in [-0.2, -0.15) is 0 Å². The number of thiophene rings is 1. The van der Waals surface area contributed by atoms with Crippen LogP contribution in [0.15, 0.2) is 66.0 Å². The average molecular weight is 434 g/mol. The number of para-hydroxylation sites is 2. The Morgan fingerprint density at radius 3 is 2.55 bits per heavy atom. The van der Waals surface area contributed by atoms with E-state index in [1.807, 2.05) is 66.9 Å². The number of hydrogen-bond donors (Lipinski definition) is 1. The summed E-state index contributed by atoms with van der Waals surface area (Å²) in [6, 6.07) is 19.9. The van der Waals surface area contributed by atoms with Crippen molar-refractivity contribution < 1.29 is 4.79 Å². The second kappa shape index (κ2) is 7.51. The Morgan fingerprint density at radius 2 is 1.72 bits per heavy atom. The van der Waals surface area contributed by atoms with E-state index >= 15 is 0 Å². The van der Waals surface area contributed by atoms with Gasteiger partial charge in [-0.1, -0.05) is 30.3 Å². The maximum absolute atomic E-state index is 13.0. The maximum atomic E-state index is 13.0. The molecule has 0 aliphatic heterocycles. The fourth-order valence-corrected chi connectivity index (χ4v) is 5.82. The number of carbonyl (C=O) groups excluding carboxylic acids is 1. The maximum Gasteiger partial charge on any atom is 0.267 e. The summed E-state index contributed by atoms with van der Waals surface area (Å²) in [6.07, 6.45) is 0. The largest absolute Gasteiger partial charge is 0.321 e. The summed E-state index contributed by atoms with van der Waals surface area (Å²) in [5.41, 5.74) is 3.38. The number of aryl methyl sites for hydroxylation is 1. The van der Waals surface area contributed by atoms with Gasteiger partial charge in [-0.05, 0) is 42.6 Å². The van der Waals surface area contributed by atoms with Crippen LogP contribution >= 0.6 is 34.0 Å². The second-order valence-corrected chi connectivity index (χ2v) is 9.37. The van der Waals surface area contributed by atoms with E-state index in [0.717, 1.165) is 42.1 Å². The Kier molecular flexibility index (Phi) is 4.71. The quantitative estimate of drug-likeness (QED) is 0.343. The lowest BCUT2D eigenvalue weighted by Gasteiger charge is -2.08. The Morgan fingerprint density at radius 1 is 0.897 bits per heavy atom. The van der Waals surface area contributed by atoms with Gasteiger partial charge in [-0.25, -0.2) is 9.97 Å². The SMILES string of the molecule is Cc1nc(-c2cccs2)sc1C(=O)Nc1ccccc1-c1nc2ccccc2s1. The highest BCUT2D eigenvalue weighted by Crippen LogP contribution is 2.36. The molecule has 0 bridgehead atoms. The highest BCUT2D eigenvalue weighted by molar-refractivity contribution is 7.22. The number of nitrogens with zero attached hydrogens (tertiary/aromatic N) is 2. The van der Waals surface area contributed by atoms with Crippen molar-refractivity contribution in [3.8, 4) is 20.5 Å². The van der Waals surface area contributed by atoms with E-state index in [4.69, 9.17) is 4.98 Å². The third-order valence-electron chi connectivity index (χ3n) is 4.43. The molecule has 7 heteroatoms. The van der Waals surface area contributed by atoms with Crippen LogP contribution in [-0.4, -0.2) is 15.9 Å². The first-order valence-corrected chi connectivity index (χ1v) is 11.5. The van der Waals surface area contributed by atoms with Crippen LogP contribution in [0.25, 0.3) is 30.7 Å². The molecule has 29 heavy (non-hydrogen) atoms. The molecule has 4 nitrogen and oxygen atoms in total. The summed E-state index contributed by atoms with van der Waals surface area (Å²) in [5.74, 6) is -0.142. The molecule has 1 amide bonds. The standard InChI is InChI=1S/C22H15N3OS3/c1-13-19(29-22(23-13)18-11-6-12-27-18)20(26)24-15-8-3-2-7-14(15)21-25-16-9-4-5-10-17(16)28-21/h2-12H,1H3,(H,24,26). The van der Waals surface area contributed by atoms with Gasteiger partial charge in [0, 0.05) is 5.56 Å². The number of nitrogens with one attached hydrogen (secondary N) is 1. The summed E-state index contributed by atoms with van der Waals surface area (Å²) >= 11 is 4.67. The number of thiazole rings is 2. The topological polar surface area (TPSA) is 54.9 Å². The van der Waals surface area contributed by atoms with E-state index in [9.17, 15) is 4.79 Å². The van der Waals surface area contributed by atoms with Gasteiger partial charge in [0.2, 0.25) is 0 Å². The van der Waals surface area contributed by atoms with E-state index in [1.165, 1.54) is 11.3 Å². The van der Waals surface area contributed by atoms with Crippen molar-refractivity contribution in [2.75, 3.05) is 5.32 Å². The van der Waals surface area contributed by atoms with E-state index in [2.05, 4.69) is 16.4 Å².